The van der Waals surface area contributed by atoms with Gasteiger partial charge in [-0.05, 0) is 83.0 Å². The minimum Gasteiger partial charge on any atom is -0.504 e. The summed E-state index contributed by atoms with van der Waals surface area (Å²) in [6.07, 6.45) is 0.245. The smallest absolute Gasteiger partial charge is 0.173 e. The second-order valence-corrected chi connectivity index (χ2v) is 6.94. The molecule has 0 aliphatic carbocycles. The minimum absolute atomic E-state index is 0.211. The third-order valence-electron chi connectivity index (χ3n) is 3.19. The normalized spacial score (nSPS) is 10.9. The number of aromatic hydroxyl groups is 4. The number of halogens is 3. The van der Waals surface area contributed by atoms with Crippen molar-refractivity contribution in [3.8, 4) is 23.0 Å². The van der Waals surface area contributed by atoms with Crippen LogP contribution in [0.15, 0.2) is 25.6 Å². The number of phenols is 4. The highest BCUT2D eigenvalue weighted by molar-refractivity contribution is 9.13. The van der Waals surface area contributed by atoms with E-state index < -0.39 is 0 Å². The Kier molecular flexibility index (Phi) is 5.26. The van der Waals surface area contributed by atoms with E-state index in [1.807, 2.05) is 0 Å². The lowest BCUT2D eigenvalue weighted by atomic mass is 9.99. The van der Waals surface area contributed by atoms with Gasteiger partial charge in [-0.25, -0.2) is 0 Å². The number of aliphatic hydroxyl groups is 1. The summed E-state index contributed by atoms with van der Waals surface area (Å²) >= 11 is 9.62. The molecule has 0 atom stereocenters. The van der Waals surface area contributed by atoms with Crippen LogP contribution in [0.1, 0.15) is 16.7 Å². The molecule has 2 aromatic rings. The highest BCUT2D eigenvalue weighted by Crippen LogP contribution is 2.43. The van der Waals surface area contributed by atoms with Crippen LogP contribution in [0.3, 0.4) is 0 Å². The van der Waals surface area contributed by atoms with Gasteiger partial charge in [0.25, 0.3) is 0 Å². The Morgan fingerprint density at radius 1 is 0.727 bits per heavy atom. The molecule has 0 saturated carbocycles. The molecule has 0 amide bonds. The monoisotopic (exact) mass is 496 g/mol. The molecule has 118 valence electrons. The molecular weight excluding hydrogens is 488 g/mol. The molecule has 8 heteroatoms. The Morgan fingerprint density at radius 3 is 1.77 bits per heavy atom. The van der Waals surface area contributed by atoms with E-state index in [1.54, 1.807) is 0 Å². The molecule has 0 saturated heterocycles. The average Bonchev–Trinajstić information content (AvgIpc) is 2.48. The molecule has 2 aromatic carbocycles. The zero-order chi connectivity index (χ0) is 16.6. The molecule has 2 rings (SSSR count). The molecule has 0 aliphatic rings. The molecule has 0 fully saturated rings. The van der Waals surface area contributed by atoms with Crippen LogP contribution in [0.5, 0.6) is 23.0 Å². The van der Waals surface area contributed by atoms with Crippen molar-refractivity contribution in [1.29, 1.82) is 0 Å². The molecule has 0 spiro atoms. The van der Waals surface area contributed by atoms with Gasteiger partial charge in [-0.1, -0.05) is 0 Å². The van der Waals surface area contributed by atoms with Gasteiger partial charge in [-0.2, -0.15) is 0 Å². The first-order valence-corrected chi connectivity index (χ1v) is 8.37. The van der Waals surface area contributed by atoms with Crippen LogP contribution in [0.2, 0.25) is 0 Å². The lowest BCUT2D eigenvalue weighted by molar-refractivity contribution is 0.278. The molecule has 0 aliphatic heterocycles. The fourth-order valence-corrected chi connectivity index (χ4v) is 3.52. The molecular formula is C14H11Br3O5. The molecule has 0 unspecified atom stereocenters. The summed E-state index contributed by atoms with van der Waals surface area (Å²) in [5, 5.41) is 48.3. The van der Waals surface area contributed by atoms with Gasteiger partial charge < -0.3 is 25.5 Å². The molecule has 5 N–H and O–H groups in total. The maximum atomic E-state index is 9.73. The second-order valence-electron chi connectivity index (χ2n) is 4.56. The van der Waals surface area contributed by atoms with Crippen molar-refractivity contribution in [1.82, 2.24) is 0 Å². The lowest BCUT2D eigenvalue weighted by Crippen LogP contribution is -1.99. The maximum Gasteiger partial charge on any atom is 0.173 e. The van der Waals surface area contributed by atoms with E-state index in [0.29, 0.717) is 25.6 Å². The fourth-order valence-electron chi connectivity index (χ4n) is 2.03. The van der Waals surface area contributed by atoms with Crippen LogP contribution in [-0.4, -0.2) is 25.5 Å². The van der Waals surface area contributed by atoms with Crippen molar-refractivity contribution in [3.63, 3.8) is 0 Å². The third-order valence-corrected chi connectivity index (χ3v) is 6.25. The molecule has 0 heterocycles. The van der Waals surface area contributed by atoms with E-state index in [2.05, 4.69) is 47.8 Å². The number of aliphatic hydroxyl groups excluding tert-OH is 1. The van der Waals surface area contributed by atoms with Gasteiger partial charge in [0.05, 0.1) is 15.6 Å². The van der Waals surface area contributed by atoms with Gasteiger partial charge in [0.1, 0.15) is 0 Å². The summed E-state index contributed by atoms with van der Waals surface area (Å²) in [7, 11) is 0. The zero-order valence-corrected chi connectivity index (χ0v) is 15.7. The van der Waals surface area contributed by atoms with Crippen molar-refractivity contribution in [2.75, 3.05) is 0 Å². The zero-order valence-electron chi connectivity index (χ0n) is 10.9. The van der Waals surface area contributed by atoms with E-state index in [-0.39, 0.29) is 40.5 Å². The summed E-state index contributed by atoms with van der Waals surface area (Å²) in [4.78, 5) is 0. The minimum atomic E-state index is -0.346. The van der Waals surface area contributed by atoms with Crippen molar-refractivity contribution < 1.29 is 25.5 Å². The number of phenolic OH excluding ortho intramolecular Hbond substituents is 4. The summed E-state index contributed by atoms with van der Waals surface area (Å²) in [6.45, 7) is -0.341. The number of rotatable bonds is 3. The number of hydrogen-bond donors (Lipinski definition) is 5. The van der Waals surface area contributed by atoms with Gasteiger partial charge in [0.15, 0.2) is 23.0 Å². The summed E-state index contributed by atoms with van der Waals surface area (Å²) in [6, 6.07) is 2.72. The topological polar surface area (TPSA) is 101 Å². The molecule has 0 radical (unpaired) electrons. The summed E-state index contributed by atoms with van der Waals surface area (Å²) in [5.74, 6) is -1.25. The highest BCUT2D eigenvalue weighted by Gasteiger charge is 2.19. The van der Waals surface area contributed by atoms with E-state index >= 15 is 0 Å². The maximum absolute atomic E-state index is 9.73. The first kappa shape index (κ1) is 17.4. The summed E-state index contributed by atoms with van der Waals surface area (Å²) in [5.41, 5.74) is 1.60. The van der Waals surface area contributed by atoms with Crippen molar-refractivity contribution >= 4 is 47.8 Å². The van der Waals surface area contributed by atoms with Gasteiger partial charge in [-0.3, -0.25) is 0 Å². The first-order chi connectivity index (χ1) is 10.3. The highest BCUT2D eigenvalue weighted by atomic mass is 79.9. The predicted octanol–water partition coefficient (Wildman–Crippen LogP) is 3.88. The van der Waals surface area contributed by atoms with Gasteiger partial charge in [0, 0.05) is 4.47 Å². The van der Waals surface area contributed by atoms with E-state index in [0.717, 1.165) is 0 Å². The predicted molar refractivity (Wildman–Crippen MR) is 91.4 cm³/mol. The van der Waals surface area contributed by atoms with E-state index in [9.17, 15) is 25.5 Å². The van der Waals surface area contributed by atoms with E-state index in [1.165, 1.54) is 12.1 Å². The Labute approximate surface area is 151 Å². The van der Waals surface area contributed by atoms with Crippen LogP contribution in [-0.2, 0) is 13.0 Å². The van der Waals surface area contributed by atoms with Gasteiger partial charge in [-0.15, -0.1) is 0 Å². The van der Waals surface area contributed by atoms with Crippen LogP contribution < -0.4 is 0 Å². The Hall–Kier alpha value is -0.960. The van der Waals surface area contributed by atoms with Crippen molar-refractivity contribution in [2.45, 2.75) is 13.0 Å². The van der Waals surface area contributed by atoms with Crippen LogP contribution >= 0.6 is 47.8 Å². The first-order valence-electron chi connectivity index (χ1n) is 5.99. The van der Waals surface area contributed by atoms with Crippen LogP contribution in [0, 0.1) is 0 Å². The van der Waals surface area contributed by atoms with Crippen LogP contribution in [0.4, 0.5) is 0 Å². The number of benzene rings is 2. The third kappa shape index (κ3) is 3.05. The van der Waals surface area contributed by atoms with Gasteiger partial charge >= 0.3 is 0 Å². The van der Waals surface area contributed by atoms with Gasteiger partial charge in [0.2, 0.25) is 0 Å². The molecule has 5 nitrogen and oxygen atoms in total. The Balaban J connectivity index is 2.57. The summed E-state index contributed by atoms with van der Waals surface area (Å²) < 4.78 is 1.05. The average molecular weight is 499 g/mol. The molecule has 0 bridgehead atoms. The largest absolute Gasteiger partial charge is 0.504 e. The Bertz CT molecular complexity index is 746. The molecule has 0 aromatic heterocycles. The van der Waals surface area contributed by atoms with E-state index in [4.69, 9.17) is 0 Å². The number of hydrogen-bond acceptors (Lipinski definition) is 5. The standard InChI is InChI=1S/C14H11Br3O5/c15-10-6(3-9(20)14(22)12(10)17)1-5-2-8(19)13(21)11(16)7(5)4-18/h2-3,18-22H,1,4H2. The molecule has 22 heavy (non-hydrogen) atoms. The quantitative estimate of drug-likeness (QED) is 0.413. The van der Waals surface area contributed by atoms with Crippen molar-refractivity contribution in [2.24, 2.45) is 0 Å². The fraction of sp³-hybridized carbons (Fsp3) is 0.143. The van der Waals surface area contributed by atoms with Crippen LogP contribution in [0.25, 0.3) is 0 Å². The Morgan fingerprint density at radius 2 is 1.23 bits per heavy atom. The second kappa shape index (κ2) is 6.66. The SMILES string of the molecule is OCc1c(Cc2cc(O)c(O)c(Br)c2Br)cc(O)c(O)c1Br. The lowest BCUT2D eigenvalue weighted by Gasteiger charge is -2.15. The van der Waals surface area contributed by atoms with Crippen molar-refractivity contribution in [3.05, 3.63) is 42.2 Å².